The Bertz CT molecular complexity index is 1690. The lowest BCUT2D eigenvalue weighted by Crippen LogP contribution is -2.15. The molecule has 0 atom stereocenters. The van der Waals surface area contributed by atoms with Gasteiger partial charge in [0.25, 0.3) is 10.0 Å². The van der Waals surface area contributed by atoms with Crippen LogP contribution in [-0.2, 0) is 16.2 Å². The van der Waals surface area contributed by atoms with Crippen LogP contribution in [0.5, 0.6) is 0 Å². The first kappa shape index (κ1) is 23.7. The zero-order valence-corrected chi connectivity index (χ0v) is 19.6. The molecular formula is C23H14ClF3N6O2S. The standard InChI is InChI=1S/C23H14ClF3N6O2S/c24-17-8-7-15(23(25,26)27)13-20(17)36(34,35)32-16-5-3-4-14(12-16)18-9-10-21-29-30-22(33(21)31-18)19-6-1-2-11-28-19/h1-13,32H. The van der Waals surface area contributed by atoms with Gasteiger partial charge in [-0.3, -0.25) is 9.71 Å². The van der Waals surface area contributed by atoms with Crippen LogP contribution in [0.3, 0.4) is 0 Å². The van der Waals surface area contributed by atoms with Gasteiger partial charge in [0.05, 0.1) is 16.3 Å². The van der Waals surface area contributed by atoms with Crippen LogP contribution in [0.25, 0.3) is 28.4 Å². The summed E-state index contributed by atoms with van der Waals surface area (Å²) < 4.78 is 68.9. The summed E-state index contributed by atoms with van der Waals surface area (Å²) in [5.74, 6) is 0.420. The monoisotopic (exact) mass is 530 g/mol. The van der Waals surface area contributed by atoms with Crippen molar-refractivity contribution < 1.29 is 21.6 Å². The van der Waals surface area contributed by atoms with Crippen molar-refractivity contribution in [1.29, 1.82) is 0 Å². The van der Waals surface area contributed by atoms with Gasteiger partial charge in [-0.05, 0) is 54.6 Å². The number of nitrogens with one attached hydrogen (secondary N) is 1. The van der Waals surface area contributed by atoms with Crippen molar-refractivity contribution >= 4 is 33.0 Å². The maximum Gasteiger partial charge on any atom is 0.416 e. The maximum atomic E-state index is 13.1. The molecule has 0 saturated carbocycles. The van der Waals surface area contributed by atoms with E-state index in [0.717, 1.165) is 6.07 Å². The molecule has 1 N–H and O–H groups in total. The van der Waals surface area contributed by atoms with E-state index >= 15 is 0 Å². The number of anilines is 1. The Balaban J connectivity index is 1.49. The quantitative estimate of drug-likeness (QED) is 0.330. The van der Waals surface area contributed by atoms with Crippen LogP contribution >= 0.6 is 11.6 Å². The molecule has 0 amide bonds. The number of fused-ring (bicyclic) bond motifs is 1. The summed E-state index contributed by atoms with van der Waals surface area (Å²) >= 11 is 5.92. The van der Waals surface area contributed by atoms with Crippen LogP contribution in [0.2, 0.25) is 5.02 Å². The Hall–Kier alpha value is -4.03. The lowest BCUT2D eigenvalue weighted by Gasteiger charge is -2.13. The number of hydrogen-bond donors (Lipinski definition) is 1. The molecule has 0 bridgehead atoms. The molecule has 3 aromatic heterocycles. The topological polar surface area (TPSA) is 102 Å². The number of rotatable bonds is 5. The highest BCUT2D eigenvalue weighted by atomic mass is 35.5. The van der Waals surface area contributed by atoms with E-state index in [9.17, 15) is 21.6 Å². The summed E-state index contributed by atoms with van der Waals surface area (Å²) in [6, 6.07) is 17.1. The van der Waals surface area contributed by atoms with E-state index in [1.54, 1.807) is 48.7 Å². The maximum absolute atomic E-state index is 13.1. The second-order valence-electron chi connectivity index (χ2n) is 7.56. The number of aromatic nitrogens is 5. The Kier molecular flexibility index (Phi) is 5.85. The van der Waals surface area contributed by atoms with E-state index in [1.807, 2.05) is 0 Å². The van der Waals surface area contributed by atoms with Crippen molar-refractivity contribution in [3.63, 3.8) is 0 Å². The lowest BCUT2D eigenvalue weighted by atomic mass is 10.1. The third-order valence-corrected chi connectivity index (χ3v) is 6.98. The average Bonchev–Trinajstić information content (AvgIpc) is 3.27. The van der Waals surface area contributed by atoms with Crippen LogP contribution in [0.15, 0.2) is 83.9 Å². The van der Waals surface area contributed by atoms with Crippen LogP contribution in [0.1, 0.15) is 5.56 Å². The first-order valence-electron chi connectivity index (χ1n) is 10.3. The molecule has 2 aromatic carbocycles. The molecule has 0 fully saturated rings. The van der Waals surface area contributed by atoms with Crippen molar-refractivity contribution in [2.75, 3.05) is 4.72 Å². The van der Waals surface area contributed by atoms with Gasteiger partial charge in [-0.15, -0.1) is 10.2 Å². The van der Waals surface area contributed by atoms with Gasteiger partial charge in [0, 0.05) is 17.4 Å². The number of pyridine rings is 1. The third-order valence-electron chi connectivity index (χ3n) is 5.12. The van der Waals surface area contributed by atoms with E-state index in [1.165, 1.54) is 16.6 Å². The molecule has 0 aliphatic carbocycles. The highest BCUT2D eigenvalue weighted by molar-refractivity contribution is 7.92. The van der Waals surface area contributed by atoms with Gasteiger partial charge in [-0.1, -0.05) is 29.8 Å². The lowest BCUT2D eigenvalue weighted by molar-refractivity contribution is -0.137. The largest absolute Gasteiger partial charge is 0.416 e. The van der Waals surface area contributed by atoms with Gasteiger partial charge in [0.15, 0.2) is 5.65 Å². The zero-order chi connectivity index (χ0) is 25.5. The van der Waals surface area contributed by atoms with Crippen LogP contribution in [0, 0.1) is 0 Å². The molecule has 5 aromatic rings. The summed E-state index contributed by atoms with van der Waals surface area (Å²) in [7, 11) is -4.43. The molecular weight excluding hydrogens is 517 g/mol. The van der Waals surface area contributed by atoms with E-state index in [-0.39, 0.29) is 10.7 Å². The molecule has 3 heterocycles. The van der Waals surface area contributed by atoms with E-state index < -0.39 is 26.7 Å². The number of nitrogens with zero attached hydrogens (tertiary/aromatic N) is 5. The molecule has 182 valence electrons. The normalized spacial score (nSPS) is 12.1. The molecule has 0 radical (unpaired) electrons. The Morgan fingerprint density at radius 3 is 2.47 bits per heavy atom. The molecule has 36 heavy (non-hydrogen) atoms. The number of halogens is 4. The number of hydrogen-bond acceptors (Lipinski definition) is 6. The third kappa shape index (κ3) is 4.60. The molecule has 8 nitrogen and oxygen atoms in total. The van der Waals surface area contributed by atoms with Gasteiger partial charge < -0.3 is 0 Å². The first-order chi connectivity index (χ1) is 17.1. The van der Waals surface area contributed by atoms with Crippen LogP contribution in [0.4, 0.5) is 18.9 Å². The summed E-state index contributed by atoms with van der Waals surface area (Å²) in [6.07, 6.45) is -3.11. The predicted octanol–water partition coefficient (Wildman–Crippen LogP) is 5.33. The Morgan fingerprint density at radius 2 is 1.72 bits per heavy atom. The average molecular weight is 531 g/mol. The minimum Gasteiger partial charge on any atom is -0.280 e. The summed E-state index contributed by atoms with van der Waals surface area (Å²) in [5.41, 5.74) is 1.03. The minimum absolute atomic E-state index is 0.108. The summed E-state index contributed by atoms with van der Waals surface area (Å²) in [6.45, 7) is 0. The molecule has 0 unspecified atom stereocenters. The van der Waals surface area contributed by atoms with Gasteiger partial charge in [0.1, 0.15) is 10.6 Å². The zero-order valence-electron chi connectivity index (χ0n) is 18.0. The van der Waals surface area contributed by atoms with Gasteiger partial charge in [-0.25, -0.2) is 8.42 Å². The number of sulfonamides is 1. The van der Waals surface area contributed by atoms with Gasteiger partial charge >= 0.3 is 6.18 Å². The van der Waals surface area contributed by atoms with Crippen molar-refractivity contribution in [3.05, 3.63) is 89.6 Å². The highest BCUT2D eigenvalue weighted by Crippen LogP contribution is 2.34. The van der Waals surface area contributed by atoms with E-state index in [4.69, 9.17) is 11.6 Å². The molecule has 0 aliphatic heterocycles. The fourth-order valence-electron chi connectivity index (χ4n) is 3.44. The molecule has 0 saturated heterocycles. The van der Waals surface area contributed by atoms with Crippen molar-refractivity contribution in [2.24, 2.45) is 0 Å². The van der Waals surface area contributed by atoms with Crippen LogP contribution < -0.4 is 4.72 Å². The van der Waals surface area contributed by atoms with Gasteiger partial charge in [-0.2, -0.15) is 22.8 Å². The Labute approximate surface area is 207 Å². The van der Waals surface area contributed by atoms with Crippen LogP contribution in [-0.4, -0.2) is 33.2 Å². The van der Waals surface area contributed by atoms with Gasteiger partial charge in [0.2, 0.25) is 5.82 Å². The Morgan fingerprint density at radius 1 is 0.889 bits per heavy atom. The molecule has 0 spiro atoms. The second-order valence-corrected chi connectivity index (χ2v) is 9.61. The molecule has 0 aliphatic rings. The smallest absolute Gasteiger partial charge is 0.280 e. The number of benzene rings is 2. The van der Waals surface area contributed by atoms with Crippen molar-refractivity contribution in [2.45, 2.75) is 11.1 Å². The summed E-state index contributed by atoms with van der Waals surface area (Å²) in [5, 5.41) is 12.4. The fraction of sp³-hybridized carbons (Fsp3) is 0.0435. The second kappa shape index (κ2) is 8.88. The first-order valence-corrected chi connectivity index (χ1v) is 12.1. The predicted molar refractivity (Wildman–Crippen MR) is 127 cm³/mol. The minimum atomic E-state index is -4.73. The van der Waals surface area contributed by atoms with E-state index in [0.29, 0.717) is 40.6 Å². The fourth-order valence-corrected chi connectivity index (χ4v) is 5.01. The van der Waals surface area contributed by atoms with Crippen molar-refractivity contribution in [1.82, 2.24) is 24.8 Å². The van der Waals surface area contributed by atoms with Crippen molar-refractivity contribution in [3.8, 4) is 22.8 Å². The van der Waals surface area contributed by atoms with E-state index in [2.05, 4.69) is 25.0 Å². The molecule has 5 rings (SSSR count). The SMILES string of the molecule is O=S(=O)(Nc1cccc(-c2ccc3nnc(-c4ccccn4)n3n2)c1)c1cc(C(F)(F)F)ccc1Cl. The summed E-state index contributed by atoms with van der Waals surface area (Å²) in [4.78, 5) is 3.58. The number of alkyl halides is 3. The highest BCUT2D eigenvalue weighted by Gasteiger charge is 2.32. The molecule has 13 heteroatoms.